The molecule has 0 radical (unpaired) electrons. The van der Waals surface area contributed by atoms with Gasteiger partial charge in [-0.25, -0.2) is 0 Å². The molecule has 1 heterocycles. The molecular weight excluding hydrogens is 208 g/mol. The van der Waals surface area contributed by atoms with E-state index >= 15 is 0 Å². The smallest absolute Gasteiger partial charge is 0.239 e. The van der Waals surface area contributed by atoms with Crippen LogP contribution in [-0.2, 0) is 11.2 Å². The maximum absolute atomic E-state index is 11.7. The zero-order valence-electron chi connectivity index (χ0n) is 9.69. The quantitative estimate of drug-likeness (QED) is 0.725. The van der Waals surface area contributed by atoms with Gasteiger partial charge in [-0.15, -0.1) is 0 Å². The van der Waals surface area contributed by atoms with Crippen LogP contribution in [-0.4, -0.2) is 28.1 Å². The van der Waals surface area contributed by atoms with E-state index < -0.39 is 5.54 Å². The van der Waals surface area contributed by atoms with Gasteiger partial charge >= 0.3 is 0 Å². The van der Waals surface area contributed by atoms with Gasteiger partial charge in [0.2, 0.25) is 11.8 Å². The molecule has 0 fully saturated rings. The van der Waals surface area contributed by atoms with Crippen LogP contribution in [0.1, 0.15) is 32.6 Å². The Kier molecular flexibility index (Phi) is 4.42. The Balaban J connectivity index is 2.30. The van der Waals surface area contributed by atoms with Crippen LogP contribution in [0.15, 0.2) is 10.9 Å². The predicted molar refractivity (Wildman–Crippen MR) is 58.5 cm³/mol. The number of nitrogens with zero attached hydrogens (tertiary/aromatic N) is 2. The normalized spacial score (nSPS) is 14.4. The minimum Gasteiger partial charge on any atom is -0.354 e. The van der Waals surface area contributed by atoms with Crippen LogP contribution in [0.2, 0.25) is 0 Å². The number of carbonyl (C=O) groups is 1. The monoisotopic (exact) mass is 226 g/mol. The zero-order chi connectivity index (χ0) is 12.0. The van der Waals surface area contributed by atoms with Crippen molar-refractivity contribution in [2.45, 2.75) is 38.6 Å². The summed E-state index contributed by atoms with van der Waals surface area (Å²) in [5.74, 6) is 0.364. The second-order valence-electron chi connectivity index (χ2n) is 4.01. The first kappa shape index (κ1) is 12.6. The molecule has 0 aliphatic carbocycles. The molecule has 1 unspecified atom stereocenters. The van der Waals surface area contributed by atoms with E-state index in [2.05, 4.69) is 15.5 Å². The van der Waals surface area contributed by atoms with E-state index in [-0.39, 0.29) is 5.91 Å². The minimum atomic E-state index is -0.802. The molecule has 1 rings (SSSR count). The molecule has 1 amide bonds. The third kappa shape index (κ3) is 3.62. The van der Waals surface area contributed by atoms with Crippen LogP contribution < -0.4 is 11.1 Å². The Hall–Kier alpha value is -1.43. The Morgan fingerprint density at radius 3 is 3.00 bits per heavy atom. The maximum atomic E-state index is 11.7. The van der Waals surface area contributed by atoms with Gasteiger partial charge in [-0.1, -0.05) is 18.5 Å². The molecule has 1 atom stereocenters. The Labute approximate surface area is 94.6 Å². The van der Waals surface area contributed by atoms with Crippen molar-refractivity contribution in [1.29, 1.82) is 0 Å². The van der Waals surface area contributed by atoms with Crippen LogP contribution in [0.4, 0.5) is 0 Å². The van der Waals surface area contributed by atoms with Gasteiger partial charge in [-0.3, -0.25) is 4.79 Å². The number of nitrogens with two attached hydrogens (primary N) is 1. The fraction of sp³-hybridized carbons (Fsp3) is 0.700. The number of hydrogen-bond donors (Lipinski definition) is 2. The van der Waals surface area contributed by atoms with Gasteiger partial charge < -0.3 is 15.6 Å². The van der Waals surface area contributed by atoms with Gasteiger partial charge in [-0.2, -0.15) is 4.98 Å². The van der Waals surface area contributed by atoms with Crippen molar-refractivity contribution in [3.05, 3.63) is 12.2 Å². The summed E-state index contributed by atoms with van der Waals surface area (Å²) in [5, 5.41) is 6.23. The molecule has 0 saturated carbocycles. The van der Waals surface area contributed by atoms with Gasteiger partial charge in [0.1, 0.15) is 0 Å². The molecule has 3 N–H and O–H groups in total. The Morgan fingerprint density at radius 2 is 2.44 bits per heavy atom. The summed E-state index contributed by atoms with van der Waals surface area (Å²) >= 11 is 0. The molecule has 0 aromatic carbocycles. The molecular formula is C10H18N4O2. The SMILES string of the molecule is CCCC(C)(N)C(=O)NCCc1ncno1. The van der Waals surface area contributed by atoms with Crippen molar-refractivity contribution in [3.63, 3.8) is 0 Å². The van der Waals surface area contributed by atoms with E-state index in [0.717, 1.165) is 6.42 Å². The van der Waals surface area contributed by atoms with E-state index in [9.17, 15) is 4.79 Å². The summed E-state index contributed by atoms with van der Waals surface area (Å²) in [7, 11) is 0. The summed E-state index contributed by atoms with van der Waals surface area (Å²) in [4.78, 5) is 15.5. The van der Waals surface area contributed by atoms with Gasteiger partial charge in [0.15, 0.2) is 6.33 Å². The summed E-state index contributed by atoms with van der Waals surface area (Å²) in [6.07, 6.45) is 3.40. The minimum absolute atomic E-state index is 0.145. The first-order chi connectivity index (χ1) is 7.56. The Bertz CT molecular complexity index is 322. The lowest BCUT2D eigenvalue weighted by Gasteiger charge is -2.22. The van der Waals surface area contributed by atoms with Crippen molar-refractivity contribution in [1.82, 2.24) is 15.5 Å². The summed E-state index contributed by atoms with van der Waals surface area (Å²) < 4.78 is 4.80. The fourth-order valence-electron chi connectivity index (χ4n) is 1.42. The predicted octanol–water partition coefficient (Wildman–Crippen LogP) is 0.246. The first-order valence-electron chi connectivity index (χ1n) is 5.39. The molecule has 0 spiro atoms. The van der Waals surface area contributed by atoms with E-state index in [1.807, 2.05) is 6.92 Å². The number of aromatic nitrogens is 2. The third-order valence-corrected chi connectivity index (χ3v) is 2.32. The second-order valence-corrected chi connectivity index (χ2v) is 4.01. The van der Waals surface area contributed by atoms with Crippen molar-refractivity contribution in [3.8, 4) is 0 Å². The van der Waals surface area contributed by atoms with Crippen LogP contribution >= 0.6 is 0 Å². The highest BCUT2D eigenvalue weighted by molar-refractivity contribution is 5.85. The summed E-state index contributed by atoms with van der Waals surface area (Å²) in [6, 6.07) is 0. The Morgan fingerprint density at radius 1 is 1.69 bits per heavy atom. The molecule has 0 bridgehead atoms. The number of carbonyl (C=O) groups excluding carboxylic acids is 1. The number of rotatable bonds is 6. The summed E-state index contributed by atoms with van der Waals surface area (Å²) in [6.45, 7) is 4.19. The van der Waals surface area contributed by atoms with Gasteiger partial charge in [-0.05, 0) is 13.3 Å². The van der Waals surface area contributed by atoms with Crippen LogP contribution in [0.3, 0.4) is 0 Å². The molecule has 1 aromatic rings. The highest BCUT2D eigenvalue weighted by atomic mass is 16.5. The molecule has 1 aromatic heterocycles. The molecule has 16 heavy (non-hydrogen) atoms. The van der Waals surface area contributed by atoms with Crippen molar-refractivity contribution in [2.75, 3.05) is 6.54 Å². The zero-order valence-corrected chi connectivity index (χ0v) is 9.69. The molecule has 6 heteroatoms. The second kappa shape index (κ2) is 5.60. The van der Waals surface area contributed by atoms with E-state index in [1.54, 1.807) is 6.92 Å². The topological polar surface area (TPSA) is 94.0 Å². The van der Waals surface area contributed by atoms with Crippen LogP contribution in [0.25, 0.3) is 0 Å². The molecule has 0 saturated heterocycles. The van der Waals surface area contributed by atoms with Gasteiger partial charge in [0, 0.05) is 13.0 Å². The van der Waals surface area contributed by atoms with Crippen LogP contribution in [0, 0.1) is 0 Å². The largest absolute Gasteiger partial charge is 0.354 e. The molecule has 6 nitrogen and oxygen atoms in total. The average Bonchev–Trinajstić information content (AvgIpc) is 2.70. The van der Waals surface area contributed by atoms with E-state index in [0.29, 0.717) is 25.3 Å². The van der Waals surface area contributed by atoms with Gasteiger partial charge in [0.25, 0.3) is 0 Å². The lowest BCUT2D eigenvalue weighted by Crippen LogP contribution is -2.51. The fourth-order valence-corrected chi connectivity index (χ4v) is 1.42. The lowest BCUT2D eigenvalue weighted by atomic mass is 9.96. The molecule has 0 aliphatic heterocycles. The average molecular weight is 226 g/mol. The first-order valence-corrected chi connectivity index (χ1v) is 5.39. The highest BCUT2D eigenvalue weighted by Crippen LogP contribution is 2.08. The van der Waals surface area contributed by atoms with Gasteiger partial charge in [0.05, 0.1) is 5.54 Å². The van der Waals surface area contributed by atoms with E-state index in [4.69, 9.17) is 10.3 Å². The van der Waals surface area contributed by atoms with Crippen molar-refractivity contribution >= 4 is 5.91 Å². The third-order valence-electron chi connectivity index (χ3n) is 2.32. The van der Waals surface area contributed by atoms with E-state index in [1.165, 1.54) is 6.33 Å². The lowest BCUT2D eigenvalue weighted by molar-refractivity contribution is -0.126. The standard InChI is InChI=1S/C10H18N4O2/c1-3-5-10(2,11)9(15)12-6-4-8-13-7-14-16-8/h7H,3-6,11H2,1-2H3,(H,12,15). The van der Waals surface area contributed by atoms with Crippen molar-refractivity contribution in [2.24, 2.45) is 5.73 Å². The summed E-state index contributed by atoms with van der Waals surface area (Å²) in [5.41, 5.74) is 5.06. The number of amides is 1. The number of nitrogens with one attached hydrogen (secondary N) is 1. The molecule has 90 valence electrons. The highest BCUT2D eigenvalue weighted by Gasteiger charge is 2.26. The molecule has 0 aliphatic rings. The van der Waals surface area contributed by atoms with Crippen molar-refractivity contribution < 1.29 is 9.32 Å². The van der Waals surface area contributed by atoms with Crippen LogP contribution in [0.5, 0.6) is 0 Å². The number of hydrogen-bond acceptors (Lipinski definition) is 5. The maximum Gasteiger partial charge on any atom is 0.239 e.